The van der Waals surface area contributed by atoms with Gasteiger partial charge in [-0.2, -0.15) is 0 Å². The van der Waals surface area contributed by atoms with Gasteiger partial charge in [-0.25, -0.2) is 0 Å². The molecule has 3 nitrogen and oxygen atoms in total. The Hall–Kier alpha value is -1.35. The van der Waals surface area contributed by atoms with Gasteiger partial charge < -0.3 is 10.2 Å². The minimum Gasteiger partial charge on any atom is -0.508 e. The Morgan fingerprint density at radius 1 is 1.24 bits per heavy atom. The summed E-state index contributed by atoms with van der Waals surface area (Å²) in [5.74, 6) is 1.91. The Balaban J connectivity index is 1.77. The summed E-state index contributed by atoms with van der Waals surface area (Å²) in [6.45, 7) is 2.14. The van der Waals surface area contributed by atoms with Crippen LogP contribution in [0.1, 0.15) is 62.2 Å². The molecular weight excluding hydrogens is 264 g/mol. The Kier molecular flexibility index (Phi) is 2.74. The lowest BCUT2D eigenvalue weighted by atomic mass is 9.55. The number of fused-ring (bicyclic) bond motifs is 5. The molecule has 3 heteroatoms. The third-order valence-corrected chi connectivity index (χ3v) is 6.47. The summed E-state index contributed by atoms with van der Waals surface area (Å²) in [6.07, 6.45) is 3.90. The van der Waals surface area contributed by atoms with Gasteiger partial charge in [-0.15, -0.1) is 0 Å². The largest absolute Gasteiger partial charge is 0.508 e. The van der Waals surface area contributed by atoms with Crippen LogP contribution in [0.2, 0.25) is 0 Å². The van der Waals surface area contributed by atoms with Crippen LogP contribution in [-0.2, 0) is 4.79 Å². The summed E-state index contributed by atoms with van der Waals surface area (Å²) in [5.41, 5.74) is 1.93. The summed E-state index contributed by atoms with van der Waals surface area (Å²) in [5, 5.41) is 20.2. The normalized spacial score (nSPS) is 41.3. The van der Waals surface area contributed by atoms with Crippen molar-refractivity contribution in [2.75, 3.05) is 0 Å². The molecule has 0 spiro atoms. The number of carbonyl (C=O) groups excluding carboxylic acids is 1. The molecule has 2 N–H and O–H groups in total. The van der Waals surface area contributed by atoms with Crippen molar-refractivity contribution in [1.29, 1.82) is 0 Å². The highest BCUT2D eigenvalue weighted by atomic mass is 16.3. The number of aromatic hydroxyl groups is 1. The third-order valence-electron chi connectivity index (χ3n) is 6.47. The first-order chi connectivity index (χ1) is 10.0. The molecule has 1 aromatic carbocycles. The molecule has 1 aromatic rings. The van der Waals surface area contributed by atoms with Gasteiger partial charge in [0.2, 0.25) is 0 Å². The molecule has 0 saturated heterocycles. The topological polar surface area (TPSA) is 57.5 Å². The van der Waals surface area contributed by atoms with E-state index in [1.54, 1.807) is 12.1 Å². The Labute approximate surface area is 125 Å². The van der Waals surface area contributed by atoms with Crippen molar-refractivity contribution in [1.82, 2.24) is 0 Å². The highest BCUT2D eigenvalue weighted by molar-refractivity contribution is 5.87. The number of Topliss-reactive ketones (excluding diaryl/α,β-unsaturated/α-hetero) is 1. The third kappa shape index (κ3) is 1.73. The van der Waals surface area contributed by atoms with Crippen LogP contribution in [-0.4, -0.2) is 16.0 Å². The number of hydrogen-bond donors (Lipinski definition) is 2. The van der Waals surface area contributed by atoms with E-state index in [1.807, 2.05) is 6.07 Å². The Morgan fingerprint density at radius 2 is 2.05 bits per heavy atom. The number of hydrogen-bond acceptors (Lipinski definition) is 3. The molecule has 3 aliphatic carbocycles. The molecular formula is C18H22O3. The first-order valence-corrected chi connectivity index (χ1v) is 8.05. The first kappa shape index (κ1) is 13.3. The van der Waals surface area contributed by atoms with E-state index in [9.17, 15) is 15.0 Å². The molecule has 0 amide bonds. The van der Waals surface area contributed by atoms with Crippen LogP contribution < -0.4 is 0 Å². The second-order valence-corrected chi connectivity index (χ2v) is 7.36. The highest BCUT2D eigenvalue weighted by Gasteiger charge is 2.55. The Bertz CT molecular complexity index is 608. The maximum Gasteiger partial charge on any atom is 0.139 e. The molecule has 5 atom stereocenters. The van der Waals surface area contributed by atoms with E-state index in [1.165, 1.54) is 5.56 Å². The monoisotopic (exact) mass is 286 g/mol. The van der Waals surface area contributed by atoms with Gasteiger partial charge in [0.1, 0.15) is 11.5 Å². The van der Waals surface area contributed by atoms with Crippen LogP contribution in [0.25, 0.3) is 0 Å². The number of benzene rings is 1. The minimum atomic E-state index is -0.508. The lowest BCUT2D eigenvalue weighted by molar-refractivity contribution is -0.129. The fourth-order valence-electron chi connectivity index (χ4n) is 5.35. The number of rotatable bonds is 0. The molecule has 0 bridgehead atoms. The molecule has 0 heterocycles. The first-order valence-electron chi connectivity index (χ1n) is 8.05. The van der Waals surface area contributed by atoms with Crippen molar-refractivity contribution >= 4 is 5.78 Å². The molecule has 0 unspecified atom stereocenters. The predicted molar refractivity (Wildman–Crippen MR) is 79.0 cm³/mol. The molecule has 0 aliphatic heterocycles. The zero-order chi connectivity index (χ0) is 14.8. The fraction of sp³-hybridized carbons (Fsp3) is 0.611. The van der Waals surface area contributed by atoms with Crippen molar-refractivity contribution in [2.24, 2.45) is 17.3 Å². The average molecular weight is 286 g/mol. The lowest BCUT2D eigenvalue weighted by Gasteiger charge is -2.49. The van der Waals surface area contributed by atoms with Crippen molar-refractivity contribution in [3.63, 3.8) is 0 Å². The maximum absolute atomic E-state index is 12.3. The van der Waals surface area contributed by atoms with E-state index in [-0.39, 0.29) is 11.2 Å². The molecule has 4 rings (SSSR count). The van der Waals surface area contributed by atoms with Crippen LogP contribution in [0.15, 0.2) is 18.2 Å². The van der Waals surface area contributed by atoms with Crippen molar-refractivity contribution in [3.05, 3.63) is 29.3 Å². The van der Waals surface area contributed by atoms with Crippen LogP contribution in [0.5, 0.6) is 5.75 Å². The number of phenols is 1. The van der Waals surface area contributed by atoms with E-state index in [0.717, 1.165) is 31.2 Å². The van der Waals surface area contributed by atoms with Crippen molar-refractivity contribution < 1.29 is 15.0 Å². The Morgan fingerprint density at radius 3 is 2.86 bits per heavy atom. The summed E-state index contributed by atoms with van der Waals surface area (Å²) in [4.78, 5) is 12.3. The molecule has 112 valence electrons. The SMILES string of the molecule is C[C@]12CC[C@@H]3c4ccc(O)cc4[C@@H](O)C[C@H]3[C@@H]1CCC2=O. The van der Waals surface area contributed by atoms with Gasteiger partial charge in [-0.05, 0) is 66.7 Å². The van der Waals surface area contributed by atoms with E-state index in [2.05, 4.69) is 6.92 Å². The summed E-state index contributed by atoms with van der Waals surface area (Å²) < 4.78 is 0. The summed E-state index contributed by atoms with van der Waals surface area (Å²) in [7, 11) is 0. The molecule has 3 aliphatic rings. The second-order valence-electron chi connectivity index (χ2n) is 7.36. The smallest absolute Gasteiger partial charge is 0.139 e. The van der Waals surface area contributed by atoms with Gasteiger partial charge in [0.25, 0.3) is 0 Å². The predicted octanol–water partition coefficient (Wildman–Crippen LogP) is 3.31. The van der Waals surface area contributed by atoms with Gasteiger partial charge >= 0.3 is 0 Å². The van der Waals surface area contributed by atoms with Crippen LogP contribution in [0.3, 0.4) is 0 Å². The fourth-order valence-corrected chi connectivity index (χ4v) is 5.35. The zero-order valence-electron chi connectivity index (χ0n) is 12.4. The van der Waals surface area contributed by atoms with Gasteiger partial charge in [0.15, 0.2) is 0 Å². The summed E-state index contributed by atoms with van der Waals surface area (Å²) in [6, 6.07) is 5.41. The van der Waals surface area contributed by atoms with E-state index in [4.69, 9.17) is 0 Å². The number of phenolic OH excluding ortho intramolecular Hbond substituents is 1. The van der Waals surface area contributed by atoms with Gasteiger partial charge in [0, 0.05) is 11.8 Å². The van der Waals surface area contributed by atoms with Crippen LogP contribution in [0.4, 0.5) is 0 Å². The number of ketones is 1. The molecule has 0 radical (unpaired) electrons. The molecule has 0 aromatic heterocycles. The van der Waals surface area contributed by atoms with Crippen LogP contribution >= 0.6 is 0 Å². The minimum absolute atomic E-state index is 0.157. The molecule has 21 heavy (non-hydrogen) atoms. The van der Waals surface area contributed by atoms with Gasteiger partial charge in [-0.3, -0.25) is 4.79 Å². The molecule has 2 saturated carbocycles. The number of carbonyl (C=O) groups is 1. The highest BCUT2D eigenvalue weighted by Crippen LogP contribution is 2.60. The van der Waals surface area contributed by atoms with E-state index < -0.39 is 6.10 Å². The van der Waals surface area contributed by atoms with E-state index >= 15 is 0 Å². The quantitative estimate of drug-likeness (QED) is 0.769. The molecule has 2 fully saturated rings. The second kappa shape index (κ2) is 4.33. The van der Waals surface area contributed by atoms with Crippen LogP contribution in [0, 0.1) is 17.3 Å². The zero-order valence-corrected chi connectivity index (χ0v) is 12.4. The average Bonchev–Trinajstić information content (AvgIpc) is 2.76. The number of aliphatic hydroxyl groups excluding tert-OH is 1. The number of aliphatic hydroxyl groups is 1. The van der Waals surface area contributed by atoms with Gasteiger partial charge in [-0.1, -0.05) is 13.0 Å². The van der Waals surface area contributed by atoms with Crippen molar-refractivity contribution in [3.8, 4) is 5.75 Å². The maximum atomic E-state index is 12.3. The van der Waals surface area contributed by atoms with E-state index in [0.29, 0.717) is 30.0 Å². The standard InChI is InChI=1S/C18H22O3/c1-18-7-6-12-11-3-2-10(19)8-14(11)16(20)9-13(12)15(18)4-5-17(18)21/h2-3,8,12-13,15-16,19-20H,4-7,9H2,1H3/t12-,13-,15+,16+,18+/m1/s1. The summed E-state index contributed by atoms with van der Waals surface area (Å²) >= 11 is 0. The van der Waals surface area contributed by atoms with Crippen molar-refractivity contribution in [2.45, 2.75) is 51.0 Å². The lowest BCUT2D eigenvalue weighted by Crippen LogP contribution is -2.43. The van der Waals surface area contributed by atoms with Gasteiger partial charge in [0.05, 0.1) is 6.10 Å².